The molecule has 0 fully saturated rings. The van der Waals surface area contributed by atoms with Crippen molar-refractivity contribution >= 4 is 25.6 Å². The number of unbranched alkanes of at least 4 members (excludes halogenated alkanes) is 3. The Labute approximate surface area is 143 Å². The maximum atomic E-state index is 11.4. The molecule has 2 unspecified atom stereocenters. The molecule has 3 atom stereocenters. The zero-order chi connectivity index (χ0) is 15.2. The Hall–Kier alpha value is -0.300. The molecule has 132 valence electrons. The quantitative estimate of drug-likeness (QED) is 0.529. The molecule has 4 nitrogen and oxygen atoms in total. The van der Waals surface area contributed by atoms with Gasteiger partial charge in [-0.25, -0.2) is 4.98 Å². The van der Waals surface area contributed by atoms with Crippen LogP contribution in [0.3, 0.4) is 0 Å². The number of nitrogens with one attached hydrogen (secondary N) is 2. The fraction of sp³-hybridized carbons (Fsp3) is 0.750. The monoisotopic (exact) mass is 349 g/mol. The molecule has 22 heavy (non-hydrogen) atoms. The Kier molecular flexibility index (Phi) is 22.7. The lowest BCUT2D eigenvalue weighted by Crippen LogP contribution is -2.37. The van der Waals surface area contributed by atoms with Crippen LogP contribution >= 0.6 is 19.8 Å². The van der Waals surface area contributed by atoms with E-state index in [1.54, 1.807) is 19.4 Å². The van der Waals surface area contributed by atoms with E-state index in [-0.39, 0.29) is 31.6 Å². The predicted molar refractivity (Wildman–Crippen MR) is 107 cm³/mol. The summed E-state index contributed by atoms with van der Waals surface area (Å²) in [5.74, 6) is 0.186. The number of rotatable bonds is 9. The standard InChI is InChI=1S/C12H21N3O.C4H10.2H3P/c1-3-4-5-6-14-12(10(2)16)7-11-8-13-9-15-11;1-3-4-2;;/h8-9,12,14H,3-7H2,1-2H3,(H,13,15);3-4H2,1-2H3;2*1H3/t12-;;;/m0.../s1. The third-order valence-corrected chi connectivity index (χ3v) is 3.14. The van der Waals surface area contributed by atoms with Crippen LogP contribution in [0.2, 0.25) is 0 Å². The number of hydrogen-bond acceptors (Lipinski definition) is 3. The molecule has 1 heterocycles. The lowest BCUT2D eigenvalue weighted by molar-refractivity contribution is -0.119. The molecular formula is C16H37N3OP2. The third-order valence-electron chi connectivity index (χ3n) is 3.14. The minimum absolute atomic E-state index is 0. The van der Waals surface area contributed by atoms with Crippen molar-refractivity contribution in [3.8, 4) is 0 Å². The van der Waals surface area contributed by atoms with Crippen molar-refractivity contribution in [2.24, 2.45) is 0 Å². The zero-order valence-corrected chi connectivity index (χ0v) is 17.8. The van der Waals surface area contributed by atoms with Crippen molar-refractivity contribution < 1.29 is 4.79 Å². The number of H-pyrrole nitrogens is 1. The second kappa shape index (κ2) is 18.7. The second-order valence-electron chi connectivity index (χ2n) is 5.11. The average Bonchev–Trinajstić information content (AvgIpc) is 2.95. The van der Waals surface area contributed by atoms with Crippen LogP contribution in [0.4, 0.5) is 0 Å². The third kappa shape index (κ3) is 14.6. The van der Waals surface area contributed by atoms with E-state index in [2.05, 4.69) is 36.1 Å². The van der Waals surface area contributed by atoms with Crippen LogP contribution in [-0.4, -0.2) is 28.3 Å². The Morgan fingerprint density at radius 1 is 1.18 bits per heavy atom. The van der Waals surface area contributed by atoms with E-state index < -0.39 is 0 Å². The van der Waals surface area contributed by atoms with Gasteiger partial charge in [0.1, 0.15) is 5.78 Å². The summed E-state index contributed by atoms with van der Waals surface area (Å²) >= 11 is 0. The molecule has 0 saturated carbocycles. The number of aromatic amines is 1. The number of Topliss-reactive ketones (excluding diaryl/α,β-unsaturated/α-hetero) is 1. The predicted octanol–water partition coefficient (Wildman–Crippen LogP) is 3.61. The minimum atomic E-state index is -0.0858. The number of imidazole rings is 1. The van der Waals surface area contributed by atoms with Gasteiger partial charge in [-0.05, 0) is 19.9 Å². The summed E-state index contributed by atoms with van der Waals surface area (Å²) in [6.45, 7) is 9.08. The number of carbonyl (C=O) groups is 1. The molecule has 0 aliphatic rings. The van der Waals surface area contributed by atoms with Crippen LogP contribution in [0.25, 0.3) is 0 Å². The fourth-order valence-electron chi connectivity index (χ4n) is 1.63. The van der Waals surface area contributed by atoms with Gasteiger partial charge < -0.3 is 10.3 Å². The SMILES string of the molecule is CCCC.CCCCCN[C@@H](Cc1cnc[nH]1)C(C)=O.P.P. The van der Waals surface area contributed by atoms with Gasteiger partial charge in [-0.3, -0.25) is 4.79 Å². The van der Waals surface area contributed by atoms with Crippen molar-refractivity contribution in [1.82, 2.24) is 15.3 Å². The Bertz CT molecular complexity index is 330. The molecule has 1 aromatic rings. The molecule has 1 rings (SSSR count). The molecule has 0 aliphatic carbocycles. The molecule has 0 aliphatic heterocycles. The van der Waals surface area contributed by atoms with Crippen LogP contribution in [0, 0.1) is 0 Å². The summed E-state index contributed by atoms with van der Waals surface area (Å²) < 4.78 is 0. The summed E-state index contributed by atoms with van der Waals surface area (Å²) in [4.78, 5) is 18.4. The molecule has 0 aromatic carbocycles. The van der Waals surface area contributed by atoms with Gasteiger partial charge in [0.2, 0.25) is 0 Å². The van der Waals surface area contributed by atoms with Gasteiger partial charge in [-0.1, -0.05) is 46.5 Å². The Balaban J connectivity index is -0.000000538. The van der Waals surface area contributed by atoms with Crippen molar-refractivity contribution in [2.45, 2.75) is 72.3 Å². The number of hydrogen-bond donors (Lipinski definition) is 2. The van der Waals surface area contributed by atoms with Crippen molar-refractivity contribution in [3.63, 3.8) is 0 Å². The molecule has 0 saturated heterocycles. The van der Waals surface area contributed by atoms with Crippen molar-refractivity contribution in [1.29, 1.82) is 0 Å². The first-order valence-corrected chi connectivity index (χ1v) is 7.86. The van der Waals surface area contributed by atoms with Crippen molar-refractivity contribution in [2.75, 3.05) is 6.54 Å². The van der Waals surface area contributed by atoms with Gasteiger partial charge in [0.05, 0.1) is 12.4 Å². The molecule has 0 bridgehead atoms. The first-order valence-electron chi connectivity index (χ1n) is 7.86. The molecule has 1 aromatic heterocycles. The number of ketones is 1. The number of nitrogens with zero attached hydrogens (tertiary/aromatic N) is 1. The molecule has 0 spiro atoms. The summed E-state index contributed by atoms with van der Waals surface area (Å²) in [6, 6.07) is -0.0858. The zero-order valence-electron chi connectivity index (χ0n) is 15.0. The molecule has 6 heteroatoms. The normalized spacial score (nSPS) is 10.5. The lowest BCUT2D eigenvalue weighted by Gasteiger charge is -2.14. The first-order chi connectivity index (χ1) is 9.65. The van der Waals surface area contributed by atoms with Gasteiger partial charge in [0, 0.05) is 18.3 Å². The van der Waals surface area contributed by atoms with E-state index in [4.69, 9.17) is 0 Å². The fourth-order valence-corrected chi connectivity index (χ4v) is 1.63. The minimum Gasteiger partial charge on any atom is -0.348 e. The van der Waals surface area contributed by atoms with Crippen LogP contribution in [0.5, 0.6) is 0 Å². The van der Waals surface area contributed by atoms with Gasteiger partial charge in [-0.2, -0.15) is 19.8 Å². The topological polar surface area (TPSA) is 57.8 Å². The molecule has 0 radical (unpaired) electrons. The van der Waals surface area contributed by atoms with Crippen molar-refractivity contribution in [3.05, 3.63) is 18.2 Å². The Morgan fingerprint density at radius 2 is 1.82 bits per heavy atom. The molecule has 2 N–H and O–H groups in total. The smallest absolute Gasteiger partial charge is 0.147 e. The highest BCUT2D eigenvalue weighted by molar-refractivity contribution is 6.92. The highest BCUT2D eigenvalue weighted by Gasteiger charge is 2.14. The number of carbonyl (C=O) groups excluding carboxylic acids is 1. The summed E-state index contributed by atoms with van der Waals surface area (Å²) in [7, 11) is 0. The molecular weight excluding hydrogens is 312 g/mol. The molecule has 0 amide bonds. The van der Waals surface area contributed by atoms with Crippen LogP contribution in [-0.2, 0) is 11.2 Å². The summed E-state index contributed by atoms with van der Waals surface area (Å²) in [5.41, 5.74) is 1.00. The average molecular weight is 349 g/mol. The van der Waals surface area contributed by atoms with E-state index in [0.29, 0.717) is 6.42 Å². The van der Waals surface area contributed by atoms with E-state index in [1.807, 2.05) is 0 Å². The van der Waals surface area contributed by atoms with Gasteiger partial charge in [0.15, 0.2) is 0 Å². The van der Waals surface area contributed by atoms with E-state index >= 15 is 0 Å². The van der Waals surface area contributed by atoms with E-state index in [1.165, 1.54) is 25.7 Å². The summed E-state index contributed by atoms with van der Waals surface area (Å²) in [5, 5.41) is 3.29. The van der Waals surface area contributed by atoms with Crippen LogP contribution in [0.15, 0.2) is 12.5 Å². The lowest BCUT2D eigenvalue weighted by atomic mass is 10.1. The van der Waals surface area contributed by atoms with E-state index in [0.717, 1.165) is 18.7 Å². The largest absolute Gasteiger partial charge is 0.348 e. The van der Waals surface area contributed by atoms with E-state index in [9.17, 15) is 4.79 Å². The number of aromatic nitrogens is 2. The maximum Gasteiger partial charge on any atom is 0.147 e. The maximum absolute atomic E-state index is 11.4. The first kappa shape index (κ1) is 26.6. The summed E-state index contributed by atoms with van der Waals surface area (Å²) in [6.07, 6.45) is 10.3. The van der Waals surface area contributed by atoms with Gasteiger partial charge in [-0.15, -0.1) is 0 Å². The van der Waals surface area contributed by atoms with Crippen LogP contribution < -0.4 is 5.32 Å². The highest BCUT2D eigenvalue weighted by atomic mass is 31.0. The van der Waals surface area contributed by atoms with Crippen LogP contribution in [0.1, 0.15) is 65.5 Å². The Morgan fingerprint density at radius 3 is 2.23 bits per heavy atom. The van der Waals surface area contributed by atoms with Gasteiger partial charge in [0.25, 0.3) is 0 Å². The highest BCUT2D eigenvalue weighted by Crippen LogP contribution is 2.00. The van der Waals surface area contributed by atoms with Gasteiger partial charge >= 0.3 is 0 Å². The second-order valence-corrected chi connectivity index (χ2v) is 5.11.